The lowest BCUT2D eigenvalue weighted by atomic mass is 10.2. The van der Waals surface area contributed by atoms with Crippen LogP contribution in [0, 0.1) is 18.8 Å². The minimum Gasteiger partial charge on any atom is -0.365 e. The maximum absolute atomic E-state index is 11.4. The molecule has 0 radical (unpaired) electrons. The topological polar surface area (TPSA) is 44.9 Å². The van der Waals surface area contributed by atoms with Gasteiger partial charge >= 0.3 is 0 Å². The molecule has 0 aliphatic carbocycles. The van der Waals surface area contributed by atoms with Gasteiger partial charge in [0.15, 0.2) is 0 Å². The molecule has 1 aromatic heterocycles. The summed E-state index contributed by atoms with van der Waals surface area (Å²) >= 11 is 0. The Balaban J connectivity index is 2.57. The Morgan fingerprint density at radius 1 is 1.69 bits per heavy atom. The van der Waals surface area contributed by atoms with Crippen LogP contribution in [0.2, 0.25) is 0 Å². The number of nitrogens with one attached hydrogen (secondary N) is 2. The van der Waals surface area contributed by atoms with Gasteiger partial charge in [-0.15, -0.1) is 5.92 Å². The number of carbonyl (C=O) groups excluding carboxylic acids is 1. The number of aromatic amines is 1. The number of carbonyl (C=O) groups is 1. The molecule has 0 aliphatic rings. The predicted molar refractivity (Wildman–Crippen MR) is 51.3 cm³/mol. The molecule has 0 saturated carbocycles. The smallest absolute Gasteiger partial charge is 0.253 e. The summed E-state index contributed by atoms with van der Waals surface area (Å²) in [6.45, 7) is 4.01. The van der Waals surface area contributed by atoms with Crippen LogP contribution in [0.5, 0.6) is 0 Å². The highest BCUT2D eigenvalue weighted by molar-refractivity contribution is 5.95. The monoisotopic (exact) mass is 176 g/mol. The molecule has 13 heavy (non-hydrogen) atoms. The van der Waals surface area contributed by atoms with E-state index in [1.165, 1.54) is 0 Å². The first-order valence-electron chi connectivity index (χ1n) is 4.07. The number of H-pyrrole nitrogens is 1. The number of amides is 1. The average Bonchev–Trinajstić information content (AvgIpc) is 2.52. The molecule has 3 heteroatoms. The first-order chi connectivity index (χ1) is 6.25. The lowest BCUT2D eigenvalue weighted by molar-refractivity contribution is 0.0958. The summed E-state index contributed by atoms with van der Waals surface area (Å²) in [6, 6.07) is 1.75. The summed E-state index contributed by atoms with van der Waals surface area (Å²) < 4.78 is 0. The highest BCUT2D eigenvalue weighted by atomic mass is 16.1. The van der Waals surface area contributed by atoms with Gasteiger partial charge in [0.1, 0.15) is 0 Å². The second kappa shape index (κ2) is 4.36. The zero-order valence-corrected chi connectivity index (χ0v) is 7.77. The van der Waals surface area contributed by atoms with Gasteiger partial charge in [0.2, 0.25) is 0 Å². The maximum atomic E-state index is 11.4. The van der Waals surface area contributed by atoms with Crippen LogP contribution in [0.25, 0.3) is 0 Å². The average molecular weight is 176 g/mol. The van der Waals surface area contributed by atoms with Crippen LogP contribution < -0.4 is 5.32 Å². The molecule has 1 aromatic rings. The number of aryl methyl sites for hydroxylation is 1. The molecule has 68 valence electrons. The van der Waals surface area contributed by atoms with E-state index in [0.29, 0.717) is 12.1 Å². The lowest BCUT2D eigenvalue weighted by Gasteiger charge is -1.99. The van der Waals surface area contributed by atoms with Crippen molar-refractivity contribution in [3.8, 4) is 11.8 Å². The van der Waals surface area contributed by atoms with Crippen molar-refractivity contribution in [3.63, 3.8) is 0 Å². The summed E-state index contributed by atoms with van der Waals surface area (Å²) in [5.41, 5.74) is 1.56. The Hall–Kier alpha value is -1.69. The summed E-state index contributed by atoms with van der Waals surface area (Å²) in [5.74, 6) is 5.40. The Labute approximate surface area is 77.5 Å². The van der Waals surface area contributed by atoms with Crippen molar-refractivity contribution in [1.29, 1.82) is 0 Å². The first kappa shape index (κ1) is 9.40. The third-order valence-corrected chi connectivity index (χ3v) is 1.71. The fourth-order valence-electron chi connectivity index (χ4n) is 1.01. The molecular weight excluding hydrogens is 164 g/mol. The molecule has 0 bridgehead atoms. The molecule has 0 atom stereocenters. The number of rotatable bonds is 2. The summed E-state index contributed by atoms with van der Waals surface area (Å²) in [7, 11) is 0. The van der Waals surface area contributed by atoms with E-state index in [1.54, 1.807) is 19.2 Å². The Bertz CT molecular complexity index is 354. The van der Waals surface area contributed by atoms with Crippen LogP contribution in [-0.4, -0.2) is 17.4 Å². The van der Waals surface area contributed by atoms with E-state index >= 15 is 0 Å². The van der Waals surface area contributed by atoms with Crippen LogP contribution in [-0.2, 0) is 0 Å². The van der Waals surface area contributed by atoms with Crippen molar-refractivity contribution in [2.24, 2.45) is 0 Å². The summed E-state index contributed by atoms with van der Waals surface area (Å²) in [6.07, 6.45) is 1.75. The van der Waals surface area contributed by atoms with Gasteiger partial charge in [0.25, 0.3) is 5.91 Å². The fourth-order valence-corrected chi connectivity index (χ4v) is 1.01. The van der Waals surface area contributed by atoms with Crippen molar-refractivity contribution >= 4 is 5.91 Å². The highest BCUT2D eigenvalue weighted by Crippen LogP contribution is 2.03. The molecule has 0 unspecified atom stereocenters. The van der Waals surface area contributed by atoms with E-state index < -0.39 is 0 Å². The van der Waals surface area contributed by atoms with Gasteiger partial charge in [0, 0.05) is 11.9 Å². The van der Waals surface area contributed by atoms with Gasteiger partial charge in [-0.3, -0.25) is 4.79 Å². The molecule has 0 saturated heterocycles. The molecule has 2 N–H and O–H groups in total. The van der Waals surface area contributed by atoms with Crippen molar-refractivity contribution in [3.05, 3.63) is 23.5 Å². The second-order valence-corrected chi connectivity index (χ2v) is 2.63. The third kappa shape index (κ3) is 2.38. The third-order valence-electron chi connectivity index (χ3n) is 1.71. The van der Waals surface area contributed by atoms with E-state index in [-0.39, 0.29) is 5.91 Å². The molecule has 0 aromatic carbocycles. The zero-order chi connectivity index (χ0) is 9.68. The lowest BCUT2D eigenvalue weighted by Crippen LogP contribution is -2.23. The van der Waals surface area contributed by atoms with Gasteiger partial charge in [0.05, 0.1) is 12.1 Å². The number of hydrogen-bond donors (Lipinski definition) is 2. The highest BCUT2D eigenvalue weighted by Gasteiger charge is 2.07. The molecule has 0 aliphatic heterocycles. The molecule has 0 spiro atoms. The van der Waals surface area contributed by atoms with E-state index in [4.69, 9.17) is 0 Å². The van der Waals surface area contributed by atoms with Gasteiger partial charge in [-0.2, -0.15) is 0 Å². The molecular formula is C10H12N2O. The van der Waals surface area contributed by atoms with Crippen molar-refractivity contribution in [2.75, 3.05) is 6.54 Å². The van der Waals surface area contributed by atoms with Crippen LogP contribution in [0.3, 0.4) is 0 Å². The molecule has 1 amide bonds. The predicted octanol–water partition coefficient (Wildman–Crippen LogP) is 1.08. The van der Waals surface area contributed by atoms with E-state index in [2.05, 4.69) is 22.1 Å². The summed E-state index contributed by atoms with van der Waals surface area (Å²) in [4.78, 5) is 14.3. The fraction of sp³-hybridized carbons (Fsp3) is 0.300. The van der Waals surface area contributed by atoms with Crippen molar-refractivity contribution < 1.29 is 4.79 Å². The summed E-state index contributed by atoms with van der Waals surface area (Å²) in [5, 5.41) is 2.69. The van der Waals surface area contributed by atoms with E-state index in [1.807, 2.05) is 6.92 Å². The van der Waals surface area contributed by atoms with Crippen LogP contribution in [0.1, 0.15) is 23.0 Å². The molecule has 1 heterocycles. The van der Waals surface area contributed by atoms with Gasteiger partial charge in [-0.05, 0) is 19.9 Å². The SMILES string of the molecule is CC#CCNC(=O)c1cc[nH]c1C. The zero-order valence-electron chi connectivity index (χ0n) is 7.77. The standard InChI is InChI=1S/C10H12N2O/c1-3-4-6-12-10(13)9-5-7-11-8(9)2/h5,7,11H,6H2,1-2H3,(H,12,13). The van der Waals surface area contributed by atoms with Crippen molar-refractivity contribution in [1.82, 2.24) is 10.3 Å². The quantitative estimate of drug-likeness (QED) is 0.650. The Morgan fingerprint density at radius 3 is 3.00 bits per heavy atom. The van der Waals surface area contributed by atoms with E-state index in [0.717, 1.165) is 5.69 Å². The Morgan fingerprint density at radius 2 is 2.46 bits per heavy atom. The van der Waals surface area contributed by atoms with Gasteiger partial charge < -0.3 is 10.3 Å². The molecule has 1 rings (SSSR count). The number of hydrogen-bond acceptors (Lipinski definition) is 1. The van der Waals surface area contributed by atoms with Gasteiger partial charge in [-0.25, -0.2) is 0 Å². The first-order valence-corrected chi connectivity index (χ1v) is 4.07. The normalized spacial score (nSPS) is 8.77. The Kier molecular flexibility index (Phi) is 3.15. The molecule has 3 nitrogen and oxygen atoms in total. The minimum absolute atomic E-state index is 0.0819. The number of aromatic nitrogens is 1. The maximum Gasteiger partial charge on any atom is 0.253 e. The second-order valence-electron chi connectivity index (χ2n) is 2.63. The minimum atomic E-state index is -0.0819. The van der Waals surface area contributed by atoms with Crippen LogP contribution >= 0.6 is 0 Å². The van der Waals surface area contributed by atoms with Crippen LogP contribution in [0.15, 0.2) is 12.3 Å². The largest absolute Gasteiger partial charge is 0.365 e. The van der Waals surface area contributed by atoms with Crippen molar-refractivity contribution in [2.45, 2.75) is 13.8 Å². The van der Waals surface area contributed by atoms with Crippen LogP contribution in [0.4, 0.5) is 0 Å². The molecule has 0 fully saturated rings. The van der Waals surface area contributed by atoms with Gasteiger partial charge in [-0.1, -0.05) is 5.92 Å². The van der Waals surface area contributed by atoms with E-state index in [9.17, 15) is 4.79 Å².